The maximum Gasteiger partial charge on any atom is 0.338 e. The van der Waals surface area contributed by atoms with Gasteiger partial charge in [0.05, 0.1) is 38.6 Å². The molecule has 0 aliphatic carbocycles. The van der Waals surface area contributed by atoms with Crippen molar-refractivity contribution in [3.63, 3.8) is 0 Å². The van der Waals surface area contributed by atoms with Gasteiger partial charge in [-0.1, -0.05) is 0 Å². The minimum absolute atomic E-state index is 0.146. The van der Waals surface area contributed by atoms with Gasteiger partial charge < -0.3 is 18.9 Å². The summed E-state index contributed by atoms with van der Waals surface area (Å²) in [4.78, 5) is 11.7. The van der Waals surface area contributed by atoms with Crippen LogP contribution >= 0.6 is 0 Å². The summed E-state index contributed by atoms with van der Waals surface area (Å²) in [5.74, 6) is -0.832. The van der Waals surface area contributed by atoms with E-state index in [-0.39, 0.29) is 12.4 Å². The second kappa shape index (κ2) is 10.3. The number of methoxy groups -OCH3 is 1. The normalized spacial score (nSPS) is 10.6. The molecule has 1 rings (SSSR count). The molecular weight excluding hydrogens is 279 g/mol. The number of rotatable bonds is 10. The molecule has 1 aromatic rings. The first-order chi connectivity index (χ1) is 10.1. The second-order valence-electron chi connectivity index (χ2n) is 4.32. The van der Waals surface area contributed by atoms with Crippen LogP contribution in [0.25, 0.3) is 0 Å². The zero-order valence-electron chi connectivity index (χ0n) is 12.4. The Morgan fingerprint density at radius 3 is 2.29 bits per heavy atom. The van der Waals surface area contributed by atoms with Crippen molar-refractivity contribution in [3.05, 3.63) is 35.1 Å². The smallest absolute Gasteiger partial charge is 0.338 e. The number of benzene rings is 1. The lowest BCUT2D eigenvalue weighted by atomic mass is 10.1. The van der Waals surface area contributed by atoms with Gasteiger partial charge in [0.15, 0.2) is 0 Å². The molecule has 0 heterocycles. The van der Waals surface area contributed by atoms with E-state index in [1.54, 1.807) is 14.0 Å². The third-order valence-corrected chi connectivity index (χ3v) is 2.66. The minimum atomic E-state index is -0.488. The average Bonchev–Trinajstić information content (AvgIpc) is 2.48. The Kier molecular flexibility index (Phi) is 8.57. The molecule has 0 unspecified atom stereocenters. The van der Waals surface area contributed by atoms with E-state index in [2.05, 4.69) is 0 Å². The number of aryl methyl sites for hydroxylation is 1. The molecule has 0 radical (unpaired) electrons. The molecule has 0 aromatic heterocycles. The van der Waals surface area contributed by atoms with E-state index in [4.69, 9.17) is 18.9 Å². The highest BCUT2D eigenvalue weighted by Crippen LogP contribution is 2.10. The molecule has 0 N–H and O–H groups in total. The van der Waals surface area contributed by atoms with E-state index in [1.807, 2.05) is 0 Å². The molecule has 0 amide bonds. The van der Waals surface area contributed by atoms with Crippen LogP contribution in [0.5, 0.6) is 0 Å². The lowest BCUT2D eigenvalue weighted by molar-refractivity contribution is 0.00570. The quantitative estimate of drug-likeness (QED) is 0.488. The molecule has 0 bridgehead atoms. The van der Waals surface area contributed by atoms with Gasteiger partial charge in [-0.05, 0) is 30.7 Å². The van der Waals surface area contributed by atoms with E-state index in [9.17, 15) is 9.18 Å². The van der Waals surface area contributed by atoms with Gasteiger partial charge in [-0.15, -0.1) is 0 Å². The van der Waals surface area contributed by atoms with Crippen molar-refractivity contribution in [1.29, 1.82) is 0 Å². The Bertz CT molecular complexity index is 436. The third kappa shape index (κ3) is 7.17. The molecule has 0 saturated heterocycles. The first kappa shape index (κ1) is 17.6. The molecule has 1 aromatic carbocycles. The summed E-state index contributed by atoms with van der Waals surface area (Å²) < 4.78 is 33.4. The van der Waals surface area contributed by atoms with Gasteiger partial charge in [0.1, 0.15) is 12.4 Å². The number of hydrogen-bond donors (Lipinski definition) is 0. The van der Waals surface area contributed by atoms with E-state index in [0.717, 1.165) is 0 Å². The molecule has 118 valence electrons. The van der Waals surface area contributed by atoms with Gasteiger partial charge in [-0.3, -0.25) is 0 Å². The molecule has 21 heavy (non-hydrogen) atoms. The number of ether oxygens (including phenoxy) is 4. The predicted octanol–water partition coefficient (Wildman–Crippen LogP) is 1.97. The van der Waals surface area contributed by atoms with Crippen LogP contribution in [0.3, 0.4) is 0 Å². The highest BCUT2D eigenvalue weighted by molar-refractivity contribution is 5.89. The van der Waals surface area contributed by atoms with Crippen LogP contribution in [0.4, 0.5) is 4.39 Å². The van der Waals surface area contributed by atoms with E-state index in [0.29, 0.717) is 44.2 Å². The monoisotopic (exact) mass is 300 g/mol. The Morgan fingerprint density at radius 1 is 1.05 bits per heavy atom. The summed E-state index contributed by atoms with van der Waals surface area (Å²) in [6, 6.07) is 4.11. The molecule has 0 spiro atoms. The van der Waals surface area contributed by atoms with Crippen molar-refractivity contribution >= 4 is 5.97 Å². The number of esters is 1. The van der Waals surface area contributed by atoms with Crippen LogP contribution in [-0.4, -0.2) is 52.7 Å². The van der Waals surface area contributed by atoms with E-state index in [1.165, 1.54) is 18.2 Å². The molecular formula is C15H21FO5. The molecule has 0 saturated carbocycles. The SMILES string of the molecule is COCCOCCOCCOC(=O)c1ccc(F)c(C)c1. The first-order valence-electron chi connectivity index (χ1n) is 6.73. The Labute approximate surface area is 123 Å². The summed E-state index contributed by atoms with van der Waals surface area (Å²) in [6.45, 7) is 4.00. The maximum absolute atomic E-state index is 13.1. The molecule has 0 atom stereocenters. The average molecular weight is 300 g/mol. The fourth-order valence-corrected chi connectivity index (χ4v) is 1.51. The standard InChI is InChI=1S/C15H21FO5/c1-12-11-13(3-4-14(12)16)15(17)21-10-9-20-8-7-19-6-5-18-2/h3-4,11H,5-10H2,1-2H3. The summed E-state index contributed by atoms with van der Waals surface area (Å²) in [6.07, 6.45) is 0. The number of carbonyl (C=O) groups is 1. The fourth-order valence-electron chi connectivity index (χ4n) is 1.51. The zero-order chi connectivity index (χ0) is 15.5. The minimum Gasteiger partial charge on any atom is -0.460 e. The van der Waals surface area contributed by atoms with Crippen LogP contribution in [0, 0.1) is 12.7 Å². The Hall–Kier alpha value is -1.50. The number of carbonyl (C=O) groups excluding carboxylic acids is 1. The van der Waals surface area contributed by atoms with Crippen LogP contribution in [-0.2, 0) is 18.9 Å². The number of halogens is 1. The summed E-state index contributed by atoms with van der Waals surface area (Å²) in [5, 5.41) is 0. The summed E-state index contributed by atoms with van der Waals surface area (Å²) in [5.41, 5.74) is 0.741. The highest BCUT2D eigenvalue weighted by Gasteiger charge is 2.08. The van der Waals surface area contributed by atoms with E-state index < -0.39 is 5.97 Å². The van der Waals surface area contributed by atoms with Gasteiger partial charge >= 0.3 is 5.97 Å². The van der Waals surface area contributed by atoms with Crippen LogP contribution in [0.2, 0.25) is 0 Å². The second-order valence-corrected chi connectivity index (χ2v) is 4.32. The predicted molar refractivity (Wildman–Crippen MR) is 74.9 cm³/mol. The van der Waals surface area contributed by atoms with Crippen molar-refractivity contribution in [2.45, 2.75) is 6.92 Å². The summed E-state index contributed by atoms with van der Waals surface area (Å²) >= 11 is 0. The third-order valence-electron chi connectivity index (χ3n) is 2.66. The van der Waals surface area contributed by atoms with Gasteiger partial charge in [-0.25, -0.2) is 9.18 Å². The van der Waals surface area contributed by atoms with Crippen molar-refractivity contribution in [1.82, 2.24) is 0 Å². The zero-order valence-corrected chi connectivity index (χ0v) is 12.4. The topological polar surface area (TPSA) is 54.0 Å². The lowest BCUT2D eigenvalue weighted by Gasteiger charge is -2.07. The highest BCUT2D eigenvalue weighted by atomic mass is 19.1. The molecule has 5 nitrogen and oxygen atoms in total. The Balaban J connectivity index is 2.09. The molecule has 6 heteroatoms. The van der Waals surface area contributed by atoms with Crippen molar-refractivity contribution in [3.8, 4) is 0 Å². The van der Waals surface area contributed by atoms with Crippen LogP contribution < -0.4 is 0 Å². The molecule has 0 fully saturated rings. The fraction of sp³-hybridized carbons (Fsp3) is 0.533. The van der Waals surface area contributed by atoms with Crippen molar-refractivity contribution in [2.75, 3.05) is 46.8 Å². The van der Waals surface area contributed by atoms with Crippen molar-refractivity contribution < 1.29 is 28.1 Å². The first-order valence-corrected chi connectivity index (χ1v) is 6.73. The number of hydrogen-bond acceptors (Lipinski definition) is 5. The van der Waals surface area contributed by atoms with Crippen molar-refractivity contribution in [2.24, 2.45) is 0 Å². The maximum atomic E-state index is 13.1. The van der Waals surface area contributed by atoms with E-state index >= 15 is 0 Å². The van der Waals surface area contributed by atoms with Gasteiger partial charge in [0.2, 0.25) is 0 Å². The Morgan fingerprint density at radius 2 is 1.67 bits per heavy atom. The van der Waals surface area contributed by atoms with Gasteiger partial charge in [0, 0.05) is 7.11 Å². The van der Waals surface area contributed by atoms with Crippen LogP contribution in [0.1, 0.15) is 15.9 Å². The molecule has 0 aliphatic heterocycles. The lowest BCUT2D eigenvalue weighted by Crippen LogP contribution is -2.14. The largest absolute Gasteiger partial charge is 0.460 e. The van der Waals surface area contributed by atoms with Gasteiger partial charge in [-0.2, -0.15) is 0 Å². The molecule has 0 aliphatic rings. The van der Waals surface area contributed by atoms with Crippen LogP contribution in [0.15, 0.2) is 18.2 Å². The summed E-state index contributed by atoms with van der Waals surface area (Å²) in [7, 11) is 1.61. The van der Waals surface area contributed by atoms with Gasteiger partial charge in [0.25, 0.3) is 0 Å².